The molecule has 2 rings (SSSR count). The first-order valence-electron chi connectivity index (χ1n) is 6.06. The Bertz CT molecular complexity index is 199. The van der Waals surface area contributed by atoms with Gasteiger partial charge in [-0.2, -0.15) is 0 Å². The Kier molecular flexibility index (Phi) is 4.19. The van der Waals surface area contributed by atoms with Crippen molar-refractivity contribution in [3.8, 4) is 0 Å². The van der Waals surface area contributed by atoms with Gasteiger partial charge >= 0.3 is 0 Å². The molecule has 2 aliphatic heterocycles. The Hall–Kier alpha value is -0.0800. The van der Waals surface area contributed by atoms with Crippen LogP contribution < -0.4 is 0 Å². The fourth-order valence-electron chi connectivity index (χ4n) is 3.28. The third kappa shape index (κ3) is 3.46. The number of rotatable bonds is 3. The Balaban J connectivity index is 0.00000112. The van der Waals surface area contributed by atoms with E-state index in [-0.39, 0.29) is 7.43 Å². The summed E-state index contributed by atoms with van der Waals surface area (Å²) in [7, 11) is 2.42. The Morgan fingerprint density at radius 2 is 2.00 bits per heavy atom. The normalized spacial score (nSPS) is 44.6. The van der Waals surface area contributed by atoms with Crippen molar-refractivity contribution in [3.05, 3.63) is 0 Å². The van der Waals surface area contributed by atoms with E-state index in [1.165, 1.54) is 37.0 Å². The zero-order chi connectivity index (χ0) is 10.2. The molecular weight excluding hydrogens is 186 g/mol. The smallest absolute Gasteiger partial charge is 0.130 e. The molecule has 90 valence electrons. The standard InChI is InChI=1S/C12H24NO.CH4/c1-4-11-5-10(2)6-13(3,7-11)8-12-9-14-12;/h10-12H,4-9H2,1-3H3;1H4/q+1;. The van der Waals surface area contributed by atoms with Crippen LogP contribution in [0, 0.1) is 11.8 Å². The SMILES string of the molecule is C.CCC1CC(C)C[N+](C)(CC2CO2)C1. The topological polar surface area (TPSA) is 12.5 Å². The van der Waals surface area contributed by atoms with E-state index >= 15 is 0 Å². The first kappa shape index (κ1) is 13.0. The number of piperidine rings is 1. The number of epoxide rings is 1. The van der Waals surface area contributed by atoms with Gasteiger partial charge < -0.3 is 9.22 Å². The number of quaternary nitrogens is 1. The van der Waals surface area contributed by atoms with E-state index < -0.39 is 0 Å². The molecule has 0 bridgehead atoms. The molecule has 0 amide bonds. The van der Waals surface area contributed by atoms with Crippen LogP contribution in [0.2, 0.25) is 0 Å². The summed E-state index contributed by atoms with van der Waals surface area (Å²) in [5.74, 6) is 1.85. The van der Waals surface area contributed by atoms with Crippen LogP contribution in [0.1, 0.15) is 34.1 Å². The summed E-state index contributed by atoms with van der Waals surface area (Å²) in [4.78, 5) is 0. The molecule has 2 heterocycles. The second-order valence-electron chi connectivity index (χ2n) is 5.74. The van der Waals surface area contributed by atoms with Crippen molar-refractivity contribution in [1.82, 2.24) is 0 Å². The van der Waals surface area contributed by atoms with Crippen LogP contribution in [-0.2, 0) is 4.74 Å². The molecule has 0 spiro atoms. The predicted octanol–water partition coefficient (Wildman–Crippen LogP) is 2.53. The van der Waals surface area contributed by atoms with Crippen molar-refractivity contribution in [2.24, 2.45) is 11.8 Å². The lowest BCUT2D eigenvalue weighted by Crippen LogP contribution is -2.55. The monoisotopic (exact) mass is 214 g/mol. The van der Waals surface area contributed by atoms with Crippen LogP contribution in [0.25, 0.3) is 0 Å². The predicted molar refractivity (Wildman–Crippen MR) is 64.8 cm³/mol. The van der Waals surface area contributed by atoms with Crippen LogP contribution in [0.5, 0.6) is 0 Å². The van der Waals surface area contributed by atoms with Gasteiger partial charge in [-0.25, -0.2) is 0 Å². The number of ether oxygens (including phenoxy) is 1. The van der Waals surface area contributed by atoms with Gasteiger partial charge in [0.2, 0.25) is 0 Å². The highest BCUT2D eigenvalue weighted by molar-refractivity contribution is 4.73. The summed E-state index contributed by atoms with van der Waals surface area (Å²) in [6.07, 6.45) is 3.38. The second-order valence-corrected chi connectivity index (χ2v) is 5.74. The maximum Gasteiger partial charge on any atom is 0.130 e. The van der Waals surface area contributed by atoms with Gasteiger partial charge in [0.25, 0.3) is 0 Å². The third-order valence-corrected chi connectivity index (χ3v) is 3.81. The highest BCUT2D eigenvalue weighted by Gasteiger charge is 2.39. The van der Waals surface area contributed by atoms with Gasteiger partial charge in [0, 0.05) is 11.8 Å². The van der Waals surface area contributed by atoms with E-state index in [9.17, 15) is 0 Å². The summed E-state index contributed by atoms with van der Waals surface area (Å²) in [5, 5.41) is 0. The second kappa shape index (κ2) is 4.84. The molecule has 0 saturated carbocycles. The third-order valence-electron chi connectivity index (χ3n) is 3.81. The van der Waals surface area contributed by atoms with E-state index in [4.69, 9.17) is 4.74 Å². The van der Waals surface area contributed by atoms with E-state index in [0.29, 0.717) is 6.10 Å². The molecule has 2 nitrogen and oxygen atoms in total. The Labute approximate surface area is 95.2 Å². The van der Waals surface area contributed by atoms with Gasteiger partial charge in [-0.05, 0) is 12.8 Å². The average molecular weight is 214 g/mol. The van der Waals surface area contributed by atoms with Crippen molar-refractivity contribution in [2.75, 3.05) is 33.3 Å². The summed E-state index contributed by atoms with van der Waals surface area (Å²) in [6, 6.07) is 0. The van der Waals surface area contributed by atoms with Crippen LogP contribution in [0.15, 0.2) is 0 Å². The van der Waals surface area contributed by atoms with Crippen LogP contribution in [0.4, 0.5) is 0 Å². The van der Waals surface area contributed by atoms with Gasteiger partial charge in [-0.15, -0.1) is 0 Å². The highest BCUT2D eigenvalue weighted by atomic mass is 16.6. The maximum atomic E-state index is 5.36. The van der Waals surface area contributed by atoms with Crippen molar-refractivity contribution in [2.45, 2.75) is 40.2 Å². The molecule has 0 N–H and O–H groups in total. The highest BCUT2D eigenvalue weighted by Crippen LogP contribution is 2.29. The summed E-state index contributed by atoms with van der Waals surface area (Å²) in [5.41, 5.74) is 0. The molecule has 2 aliphatic rings. The molecule has 2 heteroatoms. The van der Waals surface area contributed by atoms with E-state index in [2.05, 4.69) is 20.9 Å². The number of hydrogen-bond donors (Lipinski definition) is 0. The lowest BCUT2D eigenvalue weighted by atomic mass is 9.87. The quantitative estimate of drug-likeness (QED) is 0.519. The van der Waals surface area contributed by atoms with Crippen LogP contribution in [0.3, 0.4) is 0 Å². The molecule has 0 aromatic carbocycles. The number of nitrogens with zero attached hydrogens (tertiary/aromatic N) is 1. The first-order chi connectivity index (χ1) is 6.61. The van der Waals surface area contributed by atoms with Crippen molar-refractivity contribution in [3.63, 3.8) is 0 Å². The van der Waals surface area contributed by atoms with Gasteiger partial charge in [-0.3, -0.25) is 0 Å². The molecule has 2 saturated heterocycles. The number of likely N-dealkylation sites (N-methyl/N-ethyl adjacent to an activating group) is 1. The minimum atomic E-state index is 0. The van der Waals surface area contributed by atoms with Gasteiger partial charge in [-0.1, -0.05) is 21.3 Å². The van der Waals surface area contributed by atoms with E-state index in [0.717, 1.165) is 18.4 Å². The molecule has 4 atom stereocenters. The minimum Gasteiger partial charge on any atom is -0.367 e. The fraction of sp³-hybridized carbons (Fsp3) is 1.00. The molecule has 15 heavy (non-hydrogen) atoms. The van der Waals surface area contributed by atoms with Crippen LogP contribution in [-0.4, -0.2) is 43.9 Å². The largest absolute Gasteiger partial charge is 0.367 e. The lowest BCUT2D eigenvalue weighted by molar-refractivity contribution is -0.921. The summed E-state index contributed by atoms with van der Waals surface area (Å²) in [6.45, 7) is 9.74. The molecule has 0 aromatic heterocycles. The molecule has 4 unspecified atom stereocenters. The molecule has 2 fully saturated rings. The Morgan fingerprint density at radius 1 is 1.33 bits per heavy atom. The van der Waals surface area contributed by atoms with E-state index in [1.54, 1.807) is 0 Å². The zero-order valence-corrected chi connectivity index (χ0v) is 9.83. The molecular formula is C13H28NO+. The fourth-order valence-corrected chi connectivity index (χ4v) is 3.28. The molecule has 0 radical (unpaired) electrons. The number of likely N-dealkylation sites (tertiary alicyclic amines) is 1. The summed E-state index contributed by atoms with van der Waals surface area (Å²) >= 11 is 0. The van der Waals surface area contributed by atoms with Gasteiger partial charge in [0.05, 0.1) is 26.7 Å². The molecule has 0 aromatic rings. The van der Waals surface area contributed by atoms with Gasteiger partial charge in [0.15, 0.2) is 0 Å². The summed E-state index contributed by atoms with van der Waals surface area (Å²) < 4.78 is 6.62. The molecule has 0 aliphatic carbocycles. The van der Waals surface area contributed by atoms with Crippen molar-refractivity contribution in [1.29, 1.82) is 0 Å². The minimum absolute atomic E-state index is 0. The van der Waals surface area contributed by atoms with Crippen molar-refractivity contribution >= 4 is 0 Å². The van der Waals surface area contributed by atoms with Crippen LogP contribution >= 0.6 is 0 Å². The van der Waals surface area contributed by atoms with Crippen molar-refractivity contribution < 1.29 is 9.22 Å². The first-order valence-corrected chi connectivity index (χ1v) is 6.06. The number of hydrogen-bond acceptors (Lipinski definition) is 1. The maximum absolute atomic E-state index is 5.36. The Morgan fingerprint density at radius 3 is 2.53 bits per heavy atom. The van der Waals surface area contributed by atoms with E-state index in [1.807, 2.05) is 0 Å². The zero-order valence-electron chi connectivity index (χ0n) is 9.83. The van der Waals surface area contributed by atoms with Gasteiger partial charge in [0.1, 0.15) is 12.6 Å². The average Bonchev–Trinajstić information content (AvgIpc) is 2.85. The lowest BCUT2D eigenvalue weighted by Gasteiger charge is -2.43.